The van der Waals surface area contributed by atoms with Gasteiger partial charge in [-0.05, 0) is 18.6 Å². The van der Waals surface area contributed by atoms with E-state index in [1.165, 1.54) is 11.8 Å². The zero-order chi connectivity index (χ0) is 15.4. The van der Waals surface area contributed by atoms with Crippen LogP contribution in [-0.4, -0.2) is 53.5 Å². The maximum Gasteiger partial charge on any atom is 0.233 e. The first-order chi connectivity index (χ1) is 9.99. The number of thioether (sulfide) groups is 1. The quantitative estimate of drug-likeness (QED) is 0.676. The van der Waals surface area contributed by atoms with Crippen molar-refractivity contribution in [3.05, 3.63) is 23.8 Å². The molecule has 2 amide bonds. The lowest BCUT2D eigenvalue weighted by Gasteiger charge is -2.34. The van der Waals surface area contributed by atoms with Gasteiger partial charge in [0.15, 0.2) is 0 Å². The van der Waals surface area contributed by atoms with Crippen molar-refractivity contribution >= 4 is 29.3 Å². The Balaban J connectivity index is 1.85. The molecule has 2 N–H and O–H groups in total. The second-order valence-corrected chi connectivity index (χ2v) is 6.18. The molecule has 0 aromatic heterocycles. The number of benzene rings is 1. The molecule has 0 bridgehead atoms. The molecule has 5 nitrogen and oxygen atoms in total. The van der Waals surface area contributed by atoms with Crippen molar-refractivity contribution in [3.63, 3.8) is 0 Å². The van der Waals surface area contributed by atoms with Crippen molar-refractivity contribution in [2.24, 2.45) is 0 Å². The average Bonchev–Trinajstić information content (AvgIpc) is 2.48. The van der Waals surface area contributed by atoms with Crippen LogP contribution < -0.4 is 5.73 Å². The molecule has 1 aromatic rings. The number of nitrogen functional groups attached to an aromatic ring is 1. The molecule has 2 rings (SSSR count). The van der Waals surface area contributed by atoms with E-state index in [4.69, 9.17) is 5.73 Å². The van der Waals surface area contributed by atoms with E-state index < -0.39 is 0 Å². The summed E-state index contributed by atoms with van der Waals surface area (Å²) in [6.07, 6.45) is 0. The molecule has 0 saturated carbocycles. The lowest BCUT2D eigenvalue weighted by Crippen LogP contribution is -2.50. The maximum absolute atomic E-state index is 12.2. The van der Waals surface area contributed by atoms with Gasteiger partial charge in [0.25, 0.3) is 0 Å². The first kappa shape index (κ1) is 15.7. The fourth-order valence-corrected chi connectivity index (χ4v) is 3.23. The summed E-state index contributed by atoms with van der Waals surface area (Å²) in [5, 5.41) is 0. The molecule has 1 heterocycles. The minimum atomic E-state index is 0.0732. The summed E-state index contributed by atoms with van der Waals surface area (Å²) in [7, 11) is 0. The fourth-order valence-electron chi connectivity index (χ4n) is 2.28. The number of carbonyl (C=O) groups is 2. The molecule has 1 aromatic carbocycles. The smallest absolute Gasteiger partial charge is 0.233 e. The van der Waals surface area contributed by atoms with Crippen LogP contribution in [0, 0.1) is 6.92 Å². The Labute approximate surface area is 129 Å². The summed E-state index contributed by atoms with van der Waals surface area (Å²) >= 11 is 1.47. The number of rotatable bonds is 3. The normalized spacial score (nSPS) is 15.1. The number of para-hydroxylation sites is 1. The Morgan fingerprint density at radius 1 is 1.19 bits per heavy atom. The Bertz CT molecular complexity index is 540. The Hall–Kier alpha value is -1.69. The third kappa shape index (κ3) is 3.91. The van der Waals surface area contributed by atoms with Gasteiger partial charge in [0.1, 0.15) is 0 Å². The van der Waals surface area contributed by atoms with Gasteiger partial charge in [-0.3, -0.25) is 9.59 Å². The first-order valence-electron chi connectivity index (χ1n) is 7.00. The number of piperazine rings is 1. The molecule has 1 aliphatic heterocycles. The second kappa shape index (κ2) is 6.85. The summed E-state index contributed by atoms with van der Waals surface area (Å²) in [4.78, 5) is 28.0. The summed E-state index contributed by atoms with van der Waals surface area (Å²) < 4.78 is 0. The monoisotopic (exact) mass is 307 g/mol. The van der Waals surface area contributed by atoms with E-state index in [1.54, 1.807) is 11.8 Å². The number of nitrogens with zero attached hydrogens (tertiary/aromatic N) is 2. The van der Waals surface area contributed by atoms with Crippen LogP contribution in [0.3, 0.4) is 0 Å². The van der Waals surface area contributed by atoms with Crippen molar-refractivity contribution in [3.8, 4) is 0 Å². The molecule has 6 heteroatoms. The standard InChI is InChI=1S/C15H21N3O2S/c1-11-4-3-5-13(15(11)16)21-10-14(20)18-8-6-17(7-9-18)12(2)19/h3-5H,6-10,16H2,1-2H3. The van der Waals surface area contributed by atoms with Gasteiger partial charge in [0, 0.05) is 43.7 Å². The van der Waals surface area contributed by atoms with E-state index in [9.17, 15) is 9.59 Å². The summed E-state index contributed by atoms with van der Waals surface area (Å²) in [5.74, 6) is 0.557. The van der Waals surface area contributed by atoms with Crippen molar-refractivity contribution in [1.82, 2.24) is 9.80 Å². The number of aryl methyl sites for hydroxylation is 1. The van der Waals surface area contributed by atoms with E-state index in [-0.39, 0.29) is 11.8 Å². The predicted molar refractivity (Wildman–Crippen MR) is 85.1 cm³/mol. The number of anilines is 1. The van der Waals surface area contributed by atoms with E-state index in [2.05, 4.69) is 0 Å². The van der Waals surface area contributed by atoms with Crippen molar-refractivity contribution < 1.29 is 9.59 Å². The Kier molecular flexibility index (Phi) is 5.12. The van der Waals surface area contributed by atoms with Gasteiger partial charge in [-0.25, -0.2) is 0 Å². The van der Waals surface area contributed by atoms with Crippen LogP contribution in [0.5, 0.6) is 0 Å². The topological polar surface area (TPSA) is 66.6 Å². The van der Waals surface area contributed by atoms with Gasteiger partial charge in [-0.1, -0.05) is 12.1 Å². The molecule has 0 spiro atoms. The minimum Gasteiger partial charge on any atom is -0.398 e. The zero-order valence-corrected chi connectivity index (χ0v) is 13.3. The van der Waals surface area contributed by atoms with Crippen molar-refractivity contribution in [1.29, 1.82) is 0 Å². The fraction of sp³-hybridized carbons (Fsp3) is 0.467. The third-order valence-electron chi connectivity index (χ3n) is 3.71. The molecule has 114 valence electrons. The SMILES string of the molecule is CC(=O)N1CCN(C(=O)CSc2cccc(C)c2N)CC1. The molecule has 0 atom stereocenters. The van der Waals surface area contributed by atoms with Crippen LogP contribution >= 0.6 is 11.8 Å². The van der Waals surface area contributed by atoms with Crippen LogP contribution in [0.1, 0.15) is 12.5 Å². The zero-order valence-electron chi connectivity index (χ0n) is 12.5. The minimum absolute atomic E-state index is 0.0732. The van der Waals surface area contributed by atoms with E-state index >= 15 is 0 Å². The first-order valence-corrected chi connectivity index (χ1v) is 7.99. The lowest BCUT2D eigenvalue weighted by atomic mass is 10.2. The number of hydrogen-bond acceptors (Lipinski definition) is 4. The van der Waals surface area contributed by atoms with Gasteiger partial charge in [-0.15, -0.1) is 11.8 Å². The molecule has 1 saturated heterocycles. The molecule has 0 aliphatic carbocycles. The predicted octanol–water partition coefficient (Wildman–Crippen LogP) is 1.36. The number of amides is 2. The molecule has 0 unspecified atom stereocenters. The van der Waals surface area contributed by atoms with Crippen LogP contribution in [0.2, 0.25) is 0 Å². The van der Waals surface area contributed by atoms with Crippen molar-refractivity contribution in [2.75, 3.05) is 37.7 Å². The number of carbonyl (C=O) groups excluding carboxylic acids is 2. The van der Waals surface area contributed by atoms with Crippen LogP contribution in [0.15, 0.2) is 23.1 Å². The highest BCUT2D eigenvalue weighted by Gasteiger charge is 2.22. The molecule has 0 radical (unpaired) electrons. The molecule has 1 fully saturated rings. The molecule has 21 heavy (non-hydrogen) atoms. The summed E-state index contributed by atoms with van der Waals surface area (Å²) in [6, 6.07) is 5.85. The highest BCUT2D eigenvalue weighted by atomic mass is 32.2. The maximum atomic E-state index is 12.2. The van der Waals surface area contributed by atoms with E-state index in [0.717, 1.165) is 16.1 Å². The second-order valence-electron chi connectivity index (χ2n) is 5.16. The van der Waals surface area contributed by atoms with Gasteiger partial charge in [0.05, 0.1) is 5.75 Å². The summed E-state index contributed by atoms with van der Waals surface area (Å²) in [6.45, 7) is 6.00. The Morgan fingerprint density at radius 3 is 2.43 bits per heavy atom. The van der Waals surface area contributed by atoms with E-state index in [1.807, 2.05) is 30.0 Å². The highest BCUT2D eigenvalue weighted by Crippen LogP contribution is 2.27. The summed E-state index contributed by atoms with van der Waals surface area (Å²) in [5.41, 5.74) is 7.79. The van der Waals surface area contributed by atoms with Crippen LogP contribution in [0.4, 0.5) is 5.69 Å². The number of hydrogen-bond donors (Lipinski definition) is 1. The molecular weight excluding hydrogens is 286 g/mol. The number of nitrogens with two attached hydrogens (primary N) is 1. The lowest BCUT2D eigenvalue weighted by molar-refractivity contribution is -0.136. The largest absolute Gasteiger partial charge is 0.398 e. The van der Waals surface area contributed by atoms with Gasteiger partial charge < -0.3 is 15.5 Å². The highest BCUT2D eigenvalue weighted by molar-refractivity contribution is 8.00. The van der Waals surface area contributed by atoms with Crippen molar-refractivity contribution in [2.45, 2.75) is 18.7 Å². The third-order valence-corrected chi connectivity index (χ3v) is 4.77. The molecule has 1 aliphatic rings. The van der Waals surface area contributed by atoms with Crippen LogP contribution in [0.25, 0.3) is 0 Å². The van der Waals surface area contributed by atoms with Crippen LogP contribution in [-0.2, 0) is 9.59 Å². The van der Waals surface area contributed by atoms with Gasteiger partial charge in [0.2, 0.25) is 11.8 Å². The van der Waals surface area contributed by atoms with E-state index in [0.29, 0.717) is 31.9 Å². The van der Waals surface area contributed by atoms with Gasteiger partial charge in [-0.2, -0.15) is 0 Å². The van der Waals surface area contributed by atoms with Gasteiger partial charge >= 0.3 is 0 Å². The average molecular weight is 307 g/mol. The Morgan fingerprint density at radius 2 is 1.81 bits per heavy atom. The molecular formula is C15H21N3O2S.